The van der Waals surface area contributed by atoms with E-state index in [1.165, 1.54) is 37.8 Å². The summed E-state index contributed by atoms with van der Waals surface area (Å²) in [6.07, 6.45) is 5.70. The predicted octanol–water partition coefficient (Wildman–Crippen LogP) is 3.85. The van der Waals surface area contributed by atoms with E-state index in [1.54, 1.807) is 0 Å². The predicted molar refractivity (Wildman–Crippen MR) is 86.9 cm³/mol. The highest BCUT2D eigenvalue weighted by Crippen LogP contribution is 2.28. The van der Waals surface area contributed by atoms with Crippen molar-refractivity contribution in [1.29, 1.82) is 0 Å². The lowest BCUT2D eigenvalue weighted by atomic mass is 10.0. The number of likely N-dealkylation sites (N-methyl/N-ethyl adjacent to an activating group) is 1. The minimum atomic E-state index is 0.485. The molecule has 1 aromatic carbocycles. The molecule has 1 saturated carbocycles. The molecule has 0 aliphatic heterocycles. The first-order valence-corrected chi connectivity index (χ1v) is 8.15. The molecule has 1 unspecified atom stereocenters. The molecule has 1 fully saturated rings. The lowest BCUT2D eigenvalue weighted by molar-refractivity contribution is 0.201. The standard InChI is InChI=1S/C18H30N2/c1-15(2)19-13-18(17-11-5-4-6-12-17)20(3)14-16-9-7-8-10-16/h4-6,11-12,15-16,18-19H,7-10,13-14H2,1-3H3. The number of hydrogen-bond acceptors (Lipinski definition) is 2. The molecule has 2 rings (SSSR count). The minimum absolute atomic E-state index is 0.485. The summed E-state index contributed by atoms with van der Waals surface area (Å²) in [5, 5.41) is 3.61. The molecule has 1 aliphatic carbocycles. The van der Waals surface area contributed by atoms with Crippen molar-refractivity contribution >= 4 is 0 Å². The SMILES string of the molecule is CC(C)NCC(c1ccccc1)N(C)CC1CCCC1. The monoisotopic (exact) mass is 274 g/mol. The van der Waals surface area contributed by atoms with Crippen LogP contribution >= 0.6 is 0 Å². The highest BCUT2D eigenvalue weighted by molar-refractivity contribution is 5.19. The molecule has 1 atom stereocenters. The number of nitrogens with zero attached hydrogens (tertiary/aromatic N) is 1. The van der Waals surface area contributed by atoms with E-state index in [0.717, 1.165) is 12.5 Å². The molecular formula is C18H30N2. The maximum atomic E-state index is 3.61. The van der Waals surface area contributed by atoms with Gasteiger partial charge in [-0.05, 0) is 31.4 Å². The van der Waals surface area contributed by atoms with Crippen molar-refractivity contribution < 1.29 is 0 Å². The molecule has 2 nitrogen and oxygen atoms in total. The smallest absolute Gasteiger partial charge is 0.0469 e. The third kappa shape index (κ3) is 4.60. The summed E-state index contributed by atoms with van der Waals surface area (Å²) in [4.78, 5) is 2.56. The van der Waals surface area contributed by atoms with Crippen LogP contribution in [0.15, 0.2) is 30.3 Å². The Hall–Kier alpha value is -0.860. The number of benzene rings is 1. The number of hydrogen-bond donors (Lipinski definition) is 1. The Morgan fingerprint density at radius 2 is 1.80 bits per heavy atom. The minimum Gasteiger partial charge on any atom is -0.313 e. The first kappa shape index (κ1) is 15.5. The van der Waals surface area contributed by atoms with Gasteiger partial charge >= 0.3 is 0 Å². The highest BCUT2D eigenvalue weighted by atomic mass is 15.2. The summed E-state index contributed by atoms with van der Waals surface area (Å²) in [5.41, 5.74) is 1.43. The van der Waals surface area contributed by atoms with Gasteiger partial charge in [0.1, 0.15) is 0 Å². The maximum Gasteiger partial charge on any atom is 0.0469 e. The lowest BCUT2D eigenvalue weighted by Gasteiger charge is -2.31. The number of rotatable bonds is 7. The maximum absolute atomic E-state index is 3.61. The van der Waals surface area contributed by atoms with Crippen molar-refractivity contribution in [1.82, 2.24) is 10.2 Å². The Labute approximate surface area is 124 Å². The number of nitrogens with one attached hydrogen (secondary N) is 1. The molecular weight excluding hydrogens is 244 g/mol. The third-order valence-corrected chi connectivity index (χ3v) is 4.46. The van der Waals surface area contributed by atoms with Crippen molar-refractivity contribution in [2.45, 2.75) is 51.6 Å². The zero-order valence-electron chi connectivity index (χ0n) is 13.3. The van der Waals surface area contributed by atoms with Crippen molar-refractivity contribution in [2.24, 2.45) is 5.92 Å². The second-order valence-electron chi connectivity index (χ2n) is 6.58. The molecule has 0 spiro atoms. The summed E-state index contributed by atoms with van der Waals surface area (Å²) >= 11 is 0. The largest absolute Gasteiger partial charge is 0.313 e. The highest BCUT2D eigenvalue weighted by Gasteiger charge is 2.22. The lowest BCUT2D eigenvalue weighted by Crippen LogP contribution is -2.38. The molecule has 20 heavy (non-hydrogen) atoms. The zero-order chi connectivity index (χ0) is 14.4. The van der Waals surface area contributed by atoms with E-state index in [0.29, 0.717) is 12.1 Å². The molecule has 0 amide bonds. The summed E-state index contributed by atoms with van der Waals surface area (Å²) in [6, 6.07) is 12.0. The Kier molecular flexibility index (Phi) is 6.06. The fraction of sp³-hybridized carbons (Fsp3) is 0.667. The molecule has 0 radical (unpaired) electrons. The molecule has 1 aromatic rings. The van der Waals surface area contributed by atoms with Crippen molar-refractivity contribution in [3.05, 3.63) is 35.9 Å². The molecule has 0 bridgehead atoms. The second-order valence-corrected chi connectivity index (χ2v) is 6.58. The van der Waals surface area contributed by atoms with Gasteiger partial charge in [-0.15, -0.1) is 0 Å². The van der Waals surface area contributed by atoms with E-state index in [2.05, 4.69) is 61.4 Å². The second kappa shape index (κ2) is 7.80. The van der Waals surface area contributed by atoms with Crippen LogP contribution in [-0.4, -0.2) is 31.1 Å². The van der Waals surface area contributed by atoms with E-state index in [1.807, 2.05) is 0 Å². The average molecular weight is 274 g/mol. The first-order valence-electron chi connectivity index (χ1n) is 8.15. The van der Waals surface area contributed by atoms with E-state index in [9.17, 15) is 0 Å². The van der Waals surface area contributed by atoms with Gasteiger partial charge < -0.3 is 5.32 Å². The first-order chi connectivity index (χ1) is 9.66. The van der Waals surface area contributed by atoms with Gasteiger partial charge in [-0.25, -0.2) is 0 Å². The van der Waals surface area contributed by atoms with Gasteiger partial charge in [-0.1, -0.05) is 57.0 Å². The van der Waals surface area contributed by atoms with Gasteiger partial charge in [-0.3, -0.25) is 4.90 Å². The molecule has 0 saturated heterocycles. The Balaban J connectivity index is 2.00. The summed E-state index contributed by atoms with van der Waals surface area (Å²) < 4.78 is 0. The average Bonchev–Trinajstić information content (AvgIpc) is 2.92. The quantitative estimate of drug-likeness (QED) is 0.812. The fourth-order valence-corrected chi connectivity index (χ4v) is 3.28. The van der Waals surface area contributed by atoms with Crippen LogP contribution in [0.25, 0.3) is 0 Å². The summed E-state index contributed by atoms with van der Waals surface area (Å²) in [6.45, 7) is 6.71. The van der Waals surface area contributed by atoms with Crippen LogP contribution in [0.5, 0.6) is 0 Å². The van der Waals surface area contributed by atoms with E-state index >= 15 is 0 Å². The van der Waals surface area contributed by atoms with Crippen molar-refractivity contribution in [3.63, 3.8) is 0 Å². The van der Waals surface area contributed by atoms with Gasteiger partial charge in [0, 0.05) is 25.2 Å². The van der Waals surface area contributed by atoms with Crippen LogP contribution in [0, 0.1) is 5.92 Å². The van der Waals surface area contributed by atoms with E-state index in [4.69, 9.17) is 0 Å². The van der Waals surface area contributed by atoms with E-state index in [-0.39, 0.29) is 0 Å². The summed E-state index contributed by atoms with van der Waals surface area (Å²) in [5.74, 6) is 0.908. The third-order valence-electron chi connectivity index (χ3n) is 4.46. The van der Waals surface area contributed by atoms with Gasteiger partial charge in [0.05, 0.1) is 0 Å². The Bertz CT molecular complexity index is 368. The molecule has 0 heterocycles. The van der Waals surface area contributed by atoms with Crippen LogP contribution in [0.1, 0.15) is 51.1 Å². The Morgan fingerprint density at radius 3 is 2.40 bits per heavy atom. The molecule has 1 N–H and O–H groups in total. The van der Waals surface area contributed by atoms with Gasteiger partial charge in [-0.2, -0.15) is 0 Å². The van der Waals surface area contributed by atoms with Crippen molar-refractivity contribution in [2.75, 3.05) is 20.1 Å². The van der Waals surface area contributed by atoms with Crippen LogP contribution < -0.4 is 5.32 Å². The molecule has 1 aliphatic rings. The molecule has 112 valence electrons. The molecule has 2 heteroatoms. The fourth-order valence-electron chi connectivity index (χ4n) is 3.28. The van der Waals surface area contributed by atoms with Gasteiger partial charge in [0.25, 0.3) is 0 Å². The van der Waals surface area contributed by atoms with Crippen molar-refractivity contribution in [3.8, 4) is 0 Å². The molecule has 0 aromatic heterocycles. The topological polar surface area (TPSA) is 15.3 Å². The van der Waals surface area contributed by atoms with Gasteiger partial charge in [0.15, 0.2) is 0 Å². The van der Waals surface area contributed by atoms with Gasteiger partial charge in [0.2, 0.25) is 0 Å². The zero-order valence-corrected chi connectivity index (χ0v) is 13.3. The van der Waals surface area contributed by atoms with Crippen LogP contribution in [-0.2, 0) is 0 Å². The van der Waals surface area contributed by atoms with E-state index < -0.39 is 0 Å². The van der Waals surface area contributed by atoms with Crippen LogP contribution in [0.2, 0.25) is 0 Å². The van der Waals surface area contributed by atoms with Crippen LogP contribution in [0.3, 0.4) is 0 Å². The summed E-state index contributed by atoms with van der Waals surface area (Å²) in [7, 11) is 2.29. The van der Waals surface area contributed by atoms with Crippen LogP contribution in [0.4, 0.5) is 0 Å². The normalized spacial score (nSPS) is 18.1. The Morgan fingerprint density at radius 1 is 1.15 bits per heavy atom.